The highest BCUT2D eigenvalue weighted by Crippen LogP contribution is 2.29. The van der Waals surface area contributed by atoms with Gasteiger partial charge in [0, 0.05) is 37.7 Å². The zero-order chi connectivity index (χ0) is 19.5. The first-order valence-corrected chi connectivity index (χ1v) is 9.84. The minimum Gasteiger partial charge on any atom is -0.376 e. The quantitative estimate of drug-likeness (QED) is 0.848. The van der Waals surface area contributed by atoms with Crippen LogP contribution in [-0.2, 0) is 9.53 Å². The number of aromatic nitrogens is 2. The number of carbonyl (C=O) groups excluding carboxylic acids is 1. The summed E-state index contributed by atoms with van der Waals surface area (Å²) in [6, 6.07) is 4.94. The van der Waals surface area contributed by atoms with Crippen molar-refractivity contribution in [3.8, 4) is 11.5 Å². The first kappa shape index (κ1) is 18.9. The van der Waals surface area contributed by atoms with Crippen molar-refractivity contribution in [1.29, 1.82) is 0 Å². The van der Waals surface area contributed by atoms with Gasteiger partial charge in [0.15, 0.2) is 5.82 Å². The molecule has 2 aliphatic heterocycles. The molecule has 1 unspecified atom stereocenters. The lowest BCUT2D eigenvalue weighted by Gasteiger charge is -2.33. The van der Waals surface area contributed by atoms with Crippen molar-refractivity contribution in [3.05, 3.63) is 29.8 Å². The standard InChI is InChI=1S/C20H25FN4O3/c1-13-23-20(28-24-13)15-4-5-18(17(21)11-15)25-8-6-14(7-9-25)19(26)22-12-16-3-2-10-27-16/h4-5,11,14,16H,2-3,6-10,12H2,1H3,(H,22,26). The highest BCUT2D eigenvalue weighted by Gasteiger charge is 2.27. The Hall–Kier alpha value is -2.48. The van der Waals surface area contributed by atoms with Crippen LogP contribution in [0.4, 0.5) is 10.1 Å². The molecule has 0 radical (unpaired) electrons. The lowest BCUT2D eigenvalue weighted by Crippen LogP contribution is -2.42. The fourth-order valence-corrected chi connectivity index (χ4v) is 3.86. The monoisotopic (exact) mass is 388 g/mol. The van der Waals surface area contributed by atoms with Crippen molar-refractivity contribution in [3.63, 3.8) is 0 Å². The van der Waals surface area contributed by atoms with Crippen molar-refractivity contribution in [2.24, 2.45) is 5.92 Å². The van der Waals surface area contributed by atoms with E-state index >= 15 is 0 Å². The molecular weight excluding hydrogens is 363 g/mol. The molecule has 150 valence electrons. The Kier molecular flexibility index (Phi) is 5.57. The summed E-state index contributed by atoms with van der Waals surface area (Å²) >= 11 is 0. The summed E-state index contributed by atoms with van der Waals surface area (Å²) in [5.74, 6) is 0.553. The van der Waals surface area contributed by atoms with Crippen LogP contribution in [0.3, 0.4) is 0 Å². The van der Waals surface area contributed by atoms with Gasteiger partial charge >= 0.3 is 0 Å². The summed E-state index contributed by atoms with van der Waals surface area (Å²) in [7, 11) is 0. The zero-order valence-electron chi connectivity index (χ0n) is 16.0. The van der Waals surface area contributed by atoms with Gasteiger partial charge < -0.3 is 19.5 Å². The van der Waals surface area contributed by atoms with Crippen LogP contribution in [0, 0.1) is 18.7 Å². The number of nitrogens with zero attached hydrogens (tertiary/aromatic N) is 3. The number of hydrogen-bond acceptors (Lipinski definition) is 6. The summed E-state index contributed by atoms with van der Waals surface area (Å²) in [5, 5.41) is 6.74. The Morgan fingerprint density at radius 1 is 1.32 bits per heavy atom. The van der Waals surface area contributed by atoms with E-state index in [1.807, 2.05) is 4.90 Å². The molecule has 1 aromatic heterocycles. The normalized spacial score (nSPS) is 20.5. The molecule has 1 aromatic carbocycles. The molecule has 4 rings (SSSR count). The van der Waals surface area contributed by atoms with Gasteiger partial charge in [-0.1, -0.05) is 5.16 Å². The molecule has 0 saturated carbocycles. The van der Waals surface area contributed by atoms with Gasteiger partial charge in [0.05, 0.1) is 11.8 Å². The second kappa shape index (κ2) is 8.26. The van der Waals surface area contributed by atoms with E-state index in [-0.39, 0.29) is 23.7 Å². The fourth-order valence-electron chi connectivity index (χ4n) is 3.86. The first-order valence-electron chi connectivity index (χ1n) is 9.84. The van der Waals surface area contributed by atoms with Crippen LogP contribution in [0.2, 0.25) is 0 Å². The Balaban J connectivity index is 1.32. The minimum absolute atomic E-state index is 0.0265. The van der Waals surface area contributed by atoms with Crippen LogP contribution >= 0.6 is 0 Å². The lowest BCUT2D eigenvalue weighted by molar-refractivity contribution is -0.126. The summed E-state index contributed by atoms with van der Waals surface area (Å²) in [6.45, 7) is 4.39. The molecule has 0 bridgehead atoms. The van der Waals surface area contributed by atoms with E-state index in [1.54, 1.807) is 19.1 Å². The molecule has 2 aromatic rings. The predicted molar refractivity (Wildman–Crippen MR) is 101 cm³/mol. The molecule has 2 fully saturated rings. The molecule has 2 aliphatic rings. The Morgan fingerprint density at radius 2 is 2.14 bits per heavy atom. The molecule has 0 spiro atoms. The lowest BCUT2D eigenvalue weighted by atomic mass is 9.95. The van der Waals surface area contributed by atoms with Crippen LogP contribution in [0.25, 0.3) is 11.5 Å². The number of carbonyl (C=O) groups is 1. The maximum atomic E-state index is 14.7. The molecule has 0 aliphatic carbocycles. The smallest absolute Gasteiger partial charge is 0.258 e. The van der Waals surface area contributed by atoms with Crippen LogP contribution < -0.4 is 10.2 Å². The minimum atomic E-state index is -0.324. The number of nitrogens with one attached hydrogen (secondary N) is 1. The van der Waals surface area contributed by atoms with Crippen molar-refractivity contribution in [2.45, 2.75) is 38.7 Å². The molecule has 7 nitrogen and oxygen atoms in total. The maximum Gasteiger partial charge on any atom is 0.258 e. The maximum absolute atomic E-state index is 14.7. The summed E-state index contributed by atoms with van der Waals surface area (Å²) in [4.78, 5) is 18.5. The van der Waals surface area contributed by atoms with Gasteiger partial charge in [0.1, 0.15) is 5.82 Å². The van der Waals surface area contributed by atoms with Crippen LogP contribution in [0.1, 0.15) is 31.5 Å². The number of ether oxygens (including phenoxy) is 1. The highest BCUT2D eigenvalue weighted by molar-refractivity contribution is 5.79. The molecular formula is C20H25FN4O3. The highest BCUT2D eigenvalue weighted by atomic mass is 19.1. The predicted octanol–water partition coefficient (Wildman–Crippen LogP) is 2.70. The molecule has 8 heteroatoms. The third kappa shape index (κ3) is 4.16. The molecule has 1 atom stereocenters. The first-order chi connectivity index (χ1) is 13.6. The van der Waals surface area contributed by atoms with Gasteiger partial charge in [0.25, 0.3) is 5.89 Å². The number of rotatable bonds is 5. The number of aryl methyl sites for hydroxylation is 1. The third-order valence-corrected chi connectivity index (χ3v) is 5.46. The number of hydrogen-bond donors (Lipinski definition) is 1. The van der Waals surface area contributed by atoms with Crippen LogP contribution in [0.5, 0.6) is 0 Å². The van der Waals surface area contributed by atoms with Crippen molar-refractivity contribution in [2.75, 3.05) is 31.1 Å². The fraction of sp³-hybridized carbons (Fsp3) is 0.550. The number of amides is 1. The second-order valence-electron chi connectivity index (χ2n) is 7.45. The summed E-state index contributed by atoms with van der Waals surface area (Å²) < 4.78 is 25.3. The molecule has 1 N–H and O–H groups in total. The van der Waals surface area contributed by atoms with Crippen molar-refractivity contribution < 1.29 is 18.4 Å². The van der Waals surface area contributed by atoms with E-state index in [9.17, 15) is 9.18 Å². The number of benzene rings is 1. The number of anilines is 1. The van der Waals surface area contributed by atoms with E-state index in [0.717, 1.165) is 19.4 Å². The zero-order valence-corrected chi connectivity index (χ0v) is 16.0. The van der Waals surface area contributed by atoms with Crippen molar-refractivity contribution >= 4 is 11.6 Å². The summed E-state index contributed by atoms with van der Waals surface area (Å²) in [5.41, 5.74) is 1.10. The number of piperidine rings is 1. The van der Waals surface area contributed by atoms with E-state index in [1.165, 1.54) is 6.07 Å². The van der Waals surface area contributed by atoms with E-state index < -0.39 is 0 Å². The van der Waals surface area contributed by atoms with Crippen molar-refractivity contribution in [1.82, 2.24) is 15.5 Å². The van der Waals surface area contributed by atoms with E-state index in [2.05, 4.69) is 15.5 Å². The van der Waals surface area contributed by atoms with Gasteiger partial charge in [-0.05, 0) is 50.8 Å². The van der Waals surface area contributed by atoms with Gasteiger partial charge in [0.2, 0.25) is 5.91 Å². The van der Waals surface area contributed by atoms with Crippen LogP contribution in [-0.4, -0.2) is 48.4 Å². The van der Waals surface area contributed by atoms with Gasteiger partial charge in [-0.25, -0.2) is 4.39 Å². The van der Waals surface area contributed by atoms with Crippen LogP contribution in [0.15, 0.2) is 22.7 Å². The van der Waals surface area contributed by atoms with Gasteiger partial charge in [-0.2, -0.15) is 4.98 Å². The van der Waals surface area contributed by atoms with Gasteiger partial charge in [-0.15, -0.1) is 0 Å². The Labute approximate surface area is 163 Å². The van der Waals surface area contributed by atoms with Gasteiger partial charge in [-0.3, -0.25) is 4.79 Å². The molecule has 1 amide bonds. The SMILES string of the molecule is Cc1noc(-c2ccc(N3CCC(C(=O)NCC4CCCO4)CC3)c(F)c2)n1. The average molecular weight is 388 g/mol. The average Bonchev–Trinajstić information content (AvgIpc) is 3.38. The van der Waals surface area contributed by atoms with E-state index in [4.69, 9.17) is 9.26 Å². The largest absolute Gasteiger partial charge is 0.376 e. The Morgan fingerprint density at radius 3 is 2.79 bits per heavy atom. The molecule has 28 heavy (non-hydrogen) atoms. The number of halogens is 1. The molecule has 3 heterocycles. The second-order valence-corrected chi connectivity index (χ2v) is 7.45. The molecule has 2 saturated heterocycles. The summed E-state index contributed by atoms with van der Waals surface area (Å²) in [6.07, 6.45) is 3.65. The topological polar surface area (TPSA) is 80.5 Å². The third-order valence-electron chi connectivity index (χ3n) is 5.46. The van der Waals surface area contributed by atoms with E-state index in [0.29, 0.717) is 55.4 Å². The Bertz CT molecular complexity index is 827.